The summed E-state index contributed by atoms with van der Waals surface area (Å²) < 4.78 is 7.37. The van der Waals surface area contributed by atoms with Crippen LogP contribution in [0.25, 0.3) is 0 Å². The van der Waals surface area contributed by atoms with Crippen LogP contribution < -0.4 is 5.56 Å². The summed E-state index contributed by atoms with van der Waals surface area (Å²) in [5.74, 6) is 0. The molecule has 2 aliphatic carbocycles. The van der Waals surface area contributed by atoms with Gasteiger partial charge in [-0.15, -0.1) is 0 Å². The van der Waals surface area contributed by atoms with Gasteiger partial charge in [0.05, 0.1) is 0 Å². The Kier molecular flexibility index (Phi) is 4.11. The zero-order chi connectivity index (χ0) is 17.4. The maximum absolute atomic E-state index is 12.7. The van der Waals surface area contributed by atoms with E-state index in [1.807, 2.05) is 47.0 Å². The number of amides is 1. The van der Waals surface area contributed by atoms with Crippen molar-refractivity contribution in [3.8, 4) is 0 Å². The molecule has 4 rings (SSSR count). The van der Waals surface area contributed by atoms with Gasteiger partial charge in [0.1, 0.15) is 6.61 Å². The van der Waals surface area contributed by atoms with Gasteiger partial charge in [0.2, 0.25) is 0 Å². The van der Waals surface area contributed by atoms with Gasteiger partial charge in [-0.3, -0.25) is 14.6 Å². The minimum atomic E-state index is -0.257. The van der Waals surface area contributed by atoms with Gasteiger partial charge in [0, 0.05) is 36.8 Å². The Bertz CT molecular complexity index is 820. The summed E-state index contributed by atoms with van der Waals surface area (Å²) in [6.45, 7) is 0.285. The maximum Gasteiger partial charge on any atom is 0.410 e. The van der Waals surface area contributed by atoms with E-state index in [9.17, 15) is 9.59 Å². The number of benzene rings is 1. The molecule has 132 valence electrons. The average Bonchev–Trinajstić information content (AvgIpc) is 3.41. The van der Waals surface area contributed by atoms with Gasteiger partial charge in [-0.2, -0.15) is 0 Å². The molecule has 1 aromatic heterocycles. The predicted octanol–water partition coefficient (Wildman–Crippen LogP) is 2.37. The number of H-pyrrole nitrogens is 1. The van der Waals surface area contributed by atoms with Crippen LogP contribution in [0.15, 0.2) is 35.1 Å². The van der Waals surface area contributed by atoms with Crippen LogP contribution >= 0.6 is 0 Å². The minimum Gasteiger partial charge on any atom is -0.445 e. The molecule has 1 unspecified atom stereocenters. The third-order valence-electron chi connectivity index (χ3n) is 5.20. The number of fused-ring (bicyclic) bond motifs is 1. The van der Waals surface area contributed by atoms with Crippen LogP contribution in [0.1, 0.15) is 36.1 Å². The van der Waals surface area contributed by atoms with Gasteiger partial charge in [-0.25, -0.2) is 4.79 Å². The van der Waals surface area contributed by atoms with Crippen molar-refractivity contribution in [1.29, 1.82) is 0 Å². The van der Waals surface area contributed by atoms with Crippen molar-refractivity contribution in [1.82, 2.24) is 14.7 Å². The third kappa shape index (κ3) is 3.21. The molecule has 25 heavy (non-hydrogen) atoms. The smallest absolute Gasteiger partial charge is 0.410 e. The zero-order valence-electron chi connectivity index (χ0n) is 14.4. The van der Waals surface area contributed by atoms with Crippen LogP contribution in [-0.2, 0) is 31.2 Å². The van der Waals surface area contributed by atoms with Crippen LogP contribution in [0.4, 0.5) is 4.79 Å². The third-order valence-corrected chi connectivity index (χ3v) is 5.20. The minimum absolute atomic E-state index is 0.0319. The quantitative estimate of drug-likeness (QED) is 0.928. The van der Waals surface area contributed by atoms with Gasteiger partial charge in [-0.05, 0) is 31.2 Å². The van der Waals surface area contributed by atoms with Crippen molar-refractivity contribution < 1.29 is 9.53 Å². The maximum atomic E-state index is 12.7. The highest BCUT2D eigenvalue weighted by molar-refractivity contribution is 5.69. The van der Waals surface area contributed by atoms with Crippen molar-refractivity contribution in [2.75, 3.05) is 0 Å². The molecule has 1 amide bonds. The summed E-state index contributed by atoms with van der Waals surface area (Å²) >= 11 is 0. The number of aryl methyl sites for hydroxylation is 1. The predicted molar refractivity (Wildman–Crippen MR) is 93.3 cm³/mol. The first kappa shape index (κ1) is 16.0. The average molecular weight is 341 g/mol. The van der Waals surface area contributed by atoms with Crippen LogP contribution in [0.2, 0.25) is 0 Å². The summed E-state index contributed by atoms with van der Waals surface area (Å²) in [6.07, 6.45) is 4.08. The Morgan fingerprint density at radius 2 is 2.00 bits per heavy atom. The summed E-state index contributed by atoms with van der Waals surface area (Å²) in [5, 5.41) is 2.82. The lowest BCUT2D eigenvalue weighted by Gasteiger charge is -2.33. The molecule has 2 aliphatic rings. The van der Waals surface area contributed by atoms with Crippen molar-refractivity contribution >= 4 is 6.09 Å². The fraction of sp³-hybridized carbons (Fsp3) is 0.474. The van der Waals surface area contributed by atoms with Crippen LogP contribution in [0.3, 0.4) is 0 Å². The second-order valence-electron chi connectivity index (χ2n) is 7.00. The number of aromatic amines is 1. The second-order valence-corrected chi connectivity index (χ2v) is 7.00. The first-order valence-corrected chi connectivity index (χ1v) is 8.89. The van der Waals surface area contributed by atoms with E-state index in [0.29, 0.717) is 6.42 Å². The molecule has 1 saturated carbocycles. The van der Waals surface area contributed by atoms with Crippen molar-refractivity contribution in [3.63, 3.8) is 0 Å². The van der Waals surface area contributed by atoms with E-state index < -0.39 is 0 Å². The molecule has 0 radical (unpaired) electrons. The Labute approximate surface area is 146 Å². The molecule has 6 heteroatoms. The number of hydrogen-bond acceptors (Lipinski definition) is 3. The van der Waals surface area contributed by atoms with Crippen LogP contribution in [0.5, 0.6) is 0 Å². The van der Waals surface area contributed by atoms with Crippen LogP contribution in [-0.4, -0.2) is 32.9 Å². The number of aromatic nitrogens is 2. The Hall–Kier alpha value is -2.50. The van der Waals surface area contributed by atoms with Crippen molar-refractivity contribution in [2.45, 2.75) is 50.8 Å². The molecule has 6 nitrogen and oxygen atoms in total. The van der Waals surface area contributed by atoms with E-state index in [1.54, 1.807) is 0 Å². The number of nitrogens with one attached hydrogen (secondary N) is 1. The molecule has 1 fully saturated rings. The van der Waals surface area contributed by atoms with E-state index in [0.717, 1.165) is 42.5 Å². The largest absolute Gasteiger partial charge is 0.445 e. The number of carbonyl (C=O) groups is 1. The first-order valence-electron chi connectivity index (χ1n) is 8.89. The van der Waals surface area contributed by atoms with E-state index >= 15 is 0 Å². The van der Waals surface area contributed by atoms with Gasteiger partial charge >= 0.3 is 6.09 Å². The molecular weight excluding hydrogens is 318 g/mol. The second kappa shape index (κ2) is 6.43. The Morgan fingerprint density at radius 3 is 2.72 bits per heavy atom. The van der Waals surface area contributed by atoms with Crippen molar-refractivity contribution in [3.05, 3.63) is 57.5 Å². The highest BCUT2D eigenvalue weighted by atomic mass is 16.6. The molecule has 1 atom stereocenters. The highest BCUT2D eigenvalue weighted by Gasteiger charge is 2.40. The SMILES string of the molecule is Cn1[nH]c(=O)c2c1CCC(N(C(=O)OCc1ccccc1)C1CC1)C2. The number of hydrogen-bond donors (Lipinski definition) is 1. The molecule has 1 N–H and O–H groups in total. The fourth-order valence-corrected chi connectivity index (χ4v) is 3.77. The van der Waals surface area contributed by atoms with E-state index in [1.165, 1.54) is 0 Å². The van der Waals surface area contributed by atoms with Gasteiger partial charge in [0.25, 0.3) is 5.56 Å². The molecule has 0 bridgehead atoms. The normalized spacial score (nSPS) is 19.3. The van der Waals surface area contributed by atoms with Gasteiger partial charge in [-0.1, -0.05) is 30.3 Å². The van der Waals surface area contributed by atoms with E-state index in [4.69, 9.17) is 4.74 Å². The lowest BCUT2D eigenvalue weighted by atomic mass is 9.92. The van der Waals surface area contributed by atoms with Crippen LogP contribution in [0, 0.1) is 0 Å². The Morgan fingerprint density at radius 1 is 1.24 bits per heavy atom. The lowest BCUT2D eigenvalue weighted by Crippen LogP contribution is -2.45. The highest BCUT2D eigenvalue weighted by Crippen LogP contribution is 2.33. The van der Waals surface area contributed by atoms with Crippen molar-refractivity contribution in [2.24, 2.45) is 7.05 Å². The van der Waals surface area contributed by atoms with E-state index in [2.05, 4.69) is 5.10 Å². The number of carbonyl (C=O) groups excluding carboxylic acids is 1. The molecule has 0 spiro atoms. The monoisotopic (exact) mass is 341 g/mol. The zero-order valence-corrected chi connectivity index (χ0v) is 14.4. The van der Waals surface area contributed by atoms with Gasteiger partial charge in [0.15, 0.2) is 0 Å². The number of ether oxygens (including phenoxy) is 1. The molecule has 0 aliphatic heterocycles. The summed E-state index contributed by atoms with van der Waals surface area (Å²) in [6, 6.07) is 10.0. The standard InChI is InChI=1S/C19H23N3O3/c1-21-17-10-9-15(11-16(17)18(23)20-21)22(14-7-8-14)19(24)25-12-13-5-3-2-4-6-13/h2-6,14-15H,7-12H2,1H3,(H,20,23). The fourth-order valence-electron chi connectivity index (χ4n) is 3.77. The number of nitrogens with zero attached hydrogens (tertiary/aromatic N) is 2. The molecule has 1 heterocycles. The number of rotatable bonds is 4. The van der Waals surface area contributed by atoms with Gasteiger partial charge < -0.3 is 9.64 Å². The first-order chi connectivity index (χ1) is 12.1. The topological polar surface area (TPSA) is 67.3 Å². The molecule has 2 aromatic rings. The molecular formula is C19H23N3O3. The van der Waals surface area contributed by atoms with E-state index in [-0.39, 0.29) is 30.3 Å². The summed E-state index contributed by atoms with van der Waals surface area (Å²) in [4.78, 5) is 26.7. The Balaban J connectivity index is 1.47. The molecule has 0 saturated heterocycles. The summed E-state index contributed by atoms with van der Waals surface area (Å²) in [5.41, 5.74) is 2.84. The lowest BCUT2D eigenvalue weighted by molar-refractivity contribution is 0.0734. The molecule has 1 aromatic carbocycles. The summed E-state index contributed by atoms with van der Waals surface area (Å²) in [7, 11) is 1.87.